The summed E-state index contributed by atoms with van der Waals surface area (Å²) >= 11 is 6.11. The zero-order chi connectivity index (χ0) is 20.8. The van der Waals surface area contributed by atoms with Crippen LogP contribution in [0.1, 0.15) is 45.1 Å². The second-order valence-electron chi connectivity index (χ2n) is 8.89. The fraction of sp³-hybridized carbons (Fsp3) is 0.478. The molecule has 1 unspecified atom stereocenters. The van der Waals surface area contributed by atoms with E-state index in [9.17, 15) is 9.59 Å². The van der Waals surface area contributed by atoms with Gasteiger partial charge >= 0.3 is 0 Å². The number of nitrogens with zero attached hydrogens (tertiary/aromatic N) is 1. The van der Waals surface area contributed by atoms with Crippen molar-refractivity contribution in [2.45, 2.75) is 39.5 Å². The second kappa shape index (κ2) is 7.62. The van der Waals surface area contributed by atoms with Crippen LogP contribution in [0.5, 0.6) is 0 Å². The molecule has 0 saturated carbocycles. The summed E-state index contributed by atoms with van der Waals surface area (Å²) in [5.41, 5.74) is 3.98. The molecular formula is C23H27ClN2O3. The summed E-state index contributed by atoms with van der Waals surface area (Å²) in [5, 5.41) is 4.05. The van der Waals surface area contributed by atoms with Crippen molar-refractivity contribution in [1.82, 2.24) is 10.2 Å². The Morgan fingerprint density at radius 1 is 1.17 bits per heavy atom. The summed E-state index contributed by atoms with van der Waals surface area (Å²) in [4.78, 5) is 28.6. The zero-order valence-electron chi connectivity index (χ0n) is 17.2. The number of amides is 1. The molecule has 0 aromatic heterocycles. The first-order valence-corrected chi connectivity index (χ1v) is 10.5. The van der Waals surface area contributed by atoms with Crippen molar-refractivity contribution in [1.29, 1.82) is 0 Å². The first-order chi connectivity index (χ1) is 13.8. The quantitative estimate of drug-likeness (QED) is 0.799. The molecule has 1 atom stereocenters. The number of halogens is 1. The van der Waals surface area contributed by atoms with Gasteiger partial charge in [-0.3, -0.25) is 9.59 Å². The van der Waals surface area contributed by atoms with Crippen LogP contribution in [-0.2, 0) is 14.3 Å². The van der Waals surface area contributed by atoms with Crippen LogP contribution in [0.15, 0.2) is 46.8 Å². The van der Waals surface area contributed by atoms with E-state index in [0.717, 1.165) is 29.0 Å². The van der Waals surface area contributed by atoms with E-state index in [1.165, 1.54) is 0 Å². The average molecular weight is 415 g/mol. The first-order valence-electron chi connectivity index (χ1n) is 10.1. The summed E-state index contributed by atoms with van der Waals surface area (Å²) < 4.78 is 5.41. The molecule has 2 aliphatic heterocycles. The summed E-state index contributed by atoms with van der Waals surface area (Å²) in [6, 6.07) is 7.50. The number of hydrogen-bond donors (Lipinski definition) is 1. The van der Waals surface area contributed by atoms with E-state index in [0.29, 0.717) is 43.3 Å². The molecule has 1 amide bonds. The SMILES string of the molecule is CC1=C(C(=O)N2CCOCC2)C(c2ccc(Cl)cc2)C2=C(CC(C)(C)CC2=O)N1. The highest BCUT2D eigenvalue weighted by Crippen LogP contribution is 2.47. The summed E-state index contributed by atoms with van der Waals surface area (Å²) in [7, 11) is 0. The third-order valence-electron chi connectivity index (χ3n) is 5.97. The van der Waals surface area contributed by atoms with E-state index in [1.807, 2.05) is 36.1 Å². The van der Waals surface area contributed by atoms with Gasteiger partial charge in [-0.15, -0.1) is 0 Å². The minimum Gasteiger partial charge on any atom is -0.378 e. The lowest BCUT2D eigenvalue weighted by Gasteiger charge is -2.41. The van der Waals surface area contributed by atoms with Gasteiger partial charge in [0.15, 0.2) is 5.78 Å². The number of hydrogen-bond acceptors (Lipinski definition) is 4. The number of allylic oxidation sites excluding steroid dienone is 3. The van der Waals surface area contributed by atoms with Crippen molar-refractivity contribution < 1.29 is 14.3 Å². The molecular weight excluding hydrogens is 388 g/mol. The highest BCUT2D eigenvalue weighted by Gasteiger charge is 2.43. The molecule has 0 radical (unpaired) electrons. The van der Waals surface area contributed by atoms with Crippen LogP contribution in [0.3, 0.4) is 0 Å². The van der Waals surface area contributed by atoms with Crippen LogP contribution >= 0.6 is 11.6 Å². The van der Waals surface area contributed by atoms with Gasteiger partial charge in [-0.25, -0.2) is 0 Å². The van der Waals surface area contributed by atoms with Crippen LogP contribution < -0.4 is 5.32 Å². The Bertz CT molecular complexity index is 909. The largest absolute Gasteiger partial charge is 0.378 e. The topological polar surface area (TPSA) is 58.6 Å². The number of carbonyl (C=O) groups is 2. The van der Waals surface area contributed by atoms with Gasteiger partial charge in [-0.1, -0.05) is 37.6 Å². The Labute approximate surface area is 176 Å². The monoisotopic (exact) mass is 414 g/mol. The van der Waals surface area contributed by atoms with E-state index in [2.05, 4.69) is 19.2 Å². The summed E-state index contributed by atoms with van der Waals surface area (Å²) in [5.74, 6) is -0.284. The molecule has 5 nitrogen and oxygen atoms in total. The molecule has 1 aromatic rings. The maximum atomic E-state index is 13.5. The number of ketones is 1. The highest BCUT2D eigenvalue weighted by atomic mass is 35.5. The van der Waals surface area contributed by atoms with E-state index in [1.54, 1.807) is 0 Å². The van der Waals surface area contributed by atoms with Gasteiger partial charge in [0.2, 0.25) is 0 Å². The fourth-order valence-corrected chi connectivity index (χ4v) is 4.77. The third-order valence-corrected chi connectivity index (χ3v) is 6.22. The number of morpholine rings is 1. The Kier molecular flexibility index (Phi) is 5.30. The Hall–Kier alpha value is -2.11. The molecule has 2 heterocycles. The summed E-state index contributed by atoms with van der Waals surface area (Å²) in [6.45, 7) is 8.37. The maximum Gasteiger partial charge on any atom is 0.252 e. The lowest BCUT2D eigenvalue weighted by Crippen LogP contribution is -2.45. The number of Topliss-reactive ketones (excluding diaryl/α,β-unsaturated/α-hetero) is 1. The zero-order valence-corrected chi connectivity index (χ0v) is 17.9. The van der Waals surface area contributed by atoms with Crippen molar-refractivity contribution in [3.05, 3.63) is 57.4 Å². The molecule has 4 rings (SSSR count). The molecule has 1 saturated heterocycles. The van der Waals surface area contributed by atoms with Gasteiger partial charge in [0, 0.05) is 53.0 Å². The lowest BCUT2D eigenvalue weighted by molar-refractivity contribution is -0.131. The third kappa shape index (κ3) is 3.86. The van der Waals surface area contributed by atoms with Gasteiger partial charge in [0.25, 0.3) is 5.91 Å². The van der Waals surface area contributed by atoms with Gasteiger partial charge in [-0.2, -0.15) is 0 Å². The normalized spacial score (nSPS) is 24.3. The Morgan fingerprint density at radius 2 is 1.83 bits per heavy atom. The minimum absolute atomic E-state index is 0.0255. The van der Waals surface area contributed by atoms with Gasteiger partial charge in [0.1, 0.15) is 0 Å². The van der Waals surface area contributed by atoms with Crippen molar-refractivity contribution in [2.24, 2.45) is 5.41 Å². The summed E-state index contributed by atoms with van der Waals surface area (Å²) in [6.07, 6.45) is 1.27. The van der Waals surface area contributed by atoms with Crippen LogP contribution in [0.25, 0.3) is 0 Å². The first kappa shape index (κ1) is 20.2. The molecule has 1 N–H and O–H groups in total. The van der Waals surface area contributed by atoms with Crippen molar-refractivity contribution >= 4 is 23.3 Å². The van der Waals surface area contributed by atoms with Crippen molar-refractivity contribution in [3.8, 4) is 0 Å². The van der Waals surface area contributed by atoms with Gasteiger partial charge < -0.3 is 15.0 Å². The Balaban J connectivity index is 1.82. The molecule has 1 aromatic carbocycles. The number of benzene rings is 1. The number of ether oxygens (including phenoxy) is 1. The van der Waals surface area contributed by atoms with Crippen LogP contribution in [0, 0.1) is 5.41 Å². The van der Waals surface area contributed by atoms with Gasteiger partial charge in [-0.05, 0) is 36.5 Å². The molecule has 1 fully saturated rings. The van der Waals surface area contributed by atoms with Crippen molar-refractivity contribution in [2.75, 3.05) is 26.3 Å². The molecule has 6 heteroatoms. The van der Waals surface area contributed by atoms with Crippen LogP contribution in [0.4, 0.5) is 0 Å². The standard InChI is InChI=1S/C23H27ClN2O3/c1-14-19(22(28)26-8-10-29-11-9-26)20(15-4-6-16(24)7-5-15)21-17(25-14)12-23(2,3)13-18(21)27/h4-7,20,25H,8-13H2,1-3H3. The van der Waals surface area contributed by atoms with E-state index < -0.39 is 0 Å². The van der Waals surface area contributed by atoms with E-state index in [4.69, 9.17) is 16.3 Å². The van der Waals surface area contributed by atoms with Crippen molar-refractivity contribution in [3.63, 3.8) is 0 Å². The highest BCUT2D eigenvalue weighted by molar-refractivity contribution is 6.30. The second-order valence-corrected chi connectivity index (χ2v) is 9.32. The molecule has 154 valence electrons. The predicted octanol–water partition coefficient (Wildman–Crippen LogP) is 3.80. The fourth-order valence-electron chi connectivity index (χ4n) is 4.64. The Morgan fingerprint density at radius 3 is 2.48 bits per heavy atom. The molecule has 3 aliphatic rings. The molecule has 0 bridgehead atoms. The number of carbonyl (C=O) groups excluding carboxylic acids is 2. The van der Waals surface area contributed by atoms with E-state index >= 15 is 0 Å². The minimum atomic E-state index is -0.373. The number of nitrogens with one attached hydrogen (secondary N) is 1. The predicted molar refractivity (Wildman–Crippen MR) is 112 cm³/mol. The van der Waals surface area contributed by atoms with Crippen LogP contribution in [-0.4, -0.2) is 42.9 Å². The van der Waals surface area contributed by atoms with Gasteiger partial charge in [0.05, 0.1) is 13.2 Å². The lowest BCUT2D eigenvalue weighted by atomic mass is 9.68. The average Bonchev–Trinajstić information content (AvgIpc) is 2.67. The smallest absolute Gasteiger partial charge is 0.252 e. The maximum absolute atomic E-state index is 13.5. The van der Waals surface area contributed by atoms with Crippen LogP contribution in [0.2, 0.25) is 5.02 Å². The van der Waals surface area contributed by atoms with E-state index in [-0.39, 0.29) is 23.0 Å². The molecule has 0 spiro atoms. The number of rotatable bonds is 2. The number of dihydropyridines is 1. The molecule has 29 heavy (non-hydrogen) atoms. The molecule has 1 aliphatic carbocycles.